The molecule has 0 radical (unpaired) electrons. The molecule has 6 nitrogen and oxygen atoms in total. The van der Waals surface area contributed by atoms with Crippen LogP contribution in [0.5, 0.6) is 0 Å². The number of piperidine rings is 1. The maximum Gasteiger partial charge on any atom is 0.226 e. The first-order valence-electron chi connectivity index (χ1n) is 7.65. The second kappa shape index (κ2) is 5.26. The molecule has 2 aliphatic rings. The second-order valence-electron chi connectivity index (χ2n) is 6.35. The molecular weight excluding hydrogens is 266 g/mol. The molecule has 1 saturated heterocycles. The third-order valence-corrected chi connectivity index (χ3v) is 4.83. The maximum atomic E-state index is 10.7. The Bertz CT molecular complexity index is 561. The molecule has 1 aromatic heterocycles. The van der Waals surface area contributed by atoms with Crippen molar-refractivity contribution in [3.63, 3.8) is 0 Å². The van der Waals surface area contributed by atoms with Gasteiger partial charge in [0.25, 0.3) is 0 Å². The summed E-state index contributed by atoms with van der Waals surface area (Å²) < 4.78 is 0. The van der Waals surface area contributed by atoms with Gasteiger partial charge in [0.1, 0.15) is 11.5 Å². The van der Waals surface area contributed by atoms with Crippen LogP contribution in [-0.2, 0) is 0 Å². The van der Waals surface area contributed by atoms with E-state index >= 15 is 0 Å². The minimum Gasteiger partial charge on any atom is -0.389 e. The maximum absolute atomic E-state index is 10.7. The van der Waals surface area contributed by atoms with Gasteiger partial charge in [0.2, 0.25) is 5.95 Å². The van der Waals surface area contributed by atoms with Gasteiger partial charge in [-0.3, -0.25) is 5.41 Å². The van der Waals surface area contributed by atoms with E-state index in [4.69, 9.17) is 11.1 Å². The SMILES string of the molecule is Cc1cc(C(=N)N)nc(N2CCC3(O)CCCCC3C2)n1. The summed E-state index contributed by atoms with van der Waals surface area (Å²) in [6, 6.07) is 1.73. The fraction of sp³-hybridized carbons (Fsp3) is 0.667. The zero-order chi connectivity index (χ0) is 15.0. The Balaban J connectivity index is 1.83. The van der Waals surface area contributed by atoms with Crippen LogP contribution in [0, 0.1) is 18.3 Å². The molecule has 0 bridgehead atoms. The van der Waals surface area contributed by atoms with E-state index in [0.29, 0.717) is 17.6 Å². The molecule has 2 atom stereocenters. The van der Waals surface area contributed by atoms with Crippen molar-refractivity contribution in [2.24, 2.45) is 11.7 Å². The molecule has 1 aliphatic carbocycles. The monoisotopic (exact) mass is 289 g/mol. The van der Waals surface area contributed by atoms with Crippen molar-refractivity contribution in [1.29, 1.82) is 5.41 Å². The number of nitrogens with zero attached hydrogens (tertiary/aromatic N) is 3. The van der Waals surface area contributed by atoms with Crippen molar-refractivity contribution in [2.45, 2.75) is 44.6 Å². The van der Waals surface area contributed by atoms with Crippen LogP contribution in [0.15, 0.2) is 6.07 Å². The summed E-state index contributed by atoms with van der Waals surface area (Å²) in [5, 5.41) is 18.3. The van der Waals surface area contributed by atoms with Crippen LogP contribution in [0.1, 0.15) is 43.5 Å². The first kappa shape index (κ1) is 14.3. The zero-order valence-electron chi connectivity index (χ0n) is 12.5. The van der Waals surface area contributed by atoms with E-state index in [9.17, 15) is 5.11 Å². The molecule has 3 rings (SSSR count). The first-order chi connectivity index (χ1) is 9.98. The van der Waals surface area contributed by atoms with Crippen molar-refractivity contribution >= 4 is 11.8 Å². The van der Waals surface area contributed by atoms with Gasteiger partial charge in [-0.25, -0.2) is 9.97 Å². The molecule has 0 aromatic carbocycles. The molecule has 2 unspecified atom stereocenters. The number of nitrogens with two attached hydrogens (primary N) is 1. The Kier molecular flexibility index (Phi) is 3.57. The lowest BCUT2D eigenvalue weighted by Gasteiger charge is -2.47. The van der Waals surface area contributed by atoms with Crippen LogP contribution in [0.3, 0.4) is 0 Å². The summed E-state index contributed by atoms with van der Waals surface area (Å²) in [5.74, 6) is 0.894. The van der Waals surface area contributed by atoms with E-state index in [-0.39, 0.29) is 5.84 Å². The number of hydrogen-bond donors (Lipinski definition) is 3. The van der Waals surface area contributed by atoms with Gasteiger partial charge in [0, 0.05) is 24.7 Å². The van der Waals surface area contributed by atoms with Gasteiger partial charge in [-0.15, -0.1) is 0 Å². The number of aliphatic hydroxyl groups is 1. The van der Waals surface area contributed by atoms with E-state index in [1.807, 2.05) is 6.92 Å². The Morgan fingerprint density at radius 1 is 1.43 bits per heavy atom. The predicted octanol–water partition coefficient (Wildman–Crippen LogP) is 1.20. The van der Waals surface area contributed by atoms with Crippen LogP contribution in [0.4, 0.5) is 5.95 Å². The quantitative estimate of drug-likeness (QED) is 0.561. The van der Waals surface area contributed by atoms with Crippen LogP contribution >= 0.6 is 0 Å². The summed E-state index contributed by atoms with van der Waals surface area (Å²) in [6.07, 6.45) is 5.07. The lowest BCUT2D eigenvalue weighted by Crippen LogP contribution is -2.53. The first-order valence-corrected chi connectivity index (χ1v) is 7.65. The summed E-state index contributed by atoms with van der Waals surface area (Å²) in [7, 11) is 0. The molecule has 114 valence electrons. The number of aromatic nitrogens is 2. The van der Waals surface area contributed by atoms with Crippen molar-refractivity contribution < 1.29 is 5.11 Å². The lowest BCUT2D eigenvalue weighted by molar-refractivity contribution is -0.0614. The van der Waals surface area contributed by atoms with Crippen molar-refractivity contribution in [3.8, 4) is 0 Å². The molecule has 1 saturated carbocycles. The highest BCUT2D eigenvalue weighted by Crippen LogP contribution is 2.40. The summed E-state index contributed by atoms with van der Waals surface area (Å²) in [6.45, 7) is 3.43. The highest BCUT2D eigenvalue weighted by molar-refractivity contribution is 5.93. The predicted molar refractivity (Wildman–Crippen MR) is 81.5 cm³/mol. The Morgan fingerprint density at radius 2 is 2.24 bits per heavy atom. The normalized spacial score (nSPS) is 29.0. The molecule has 0 spiro atoms. The molecule has 2 heterocycles. The number of aryl methyl sites for hydroxylation is 1. The fourth-order valence-corrected chi connectivity index (χ4v) is 3.58. The van der Waals surface area contributed by atoms with Crippen LogP contribution in [0.2, 0.25) is 0 Å². The van der Waals surface area contributed by atoms with E-state index in [2.05, 4.69) is 14.9 Å². The van der Waals surface area contributed by atoms with Gasteiger partial charge in [-0.1, -0.05) is 12.8 Å². The topological polar surface area (TPSA) is 99.1 Å². The van der Waals surface area contributed by atoms with E-state index in [1.165, 1.54) is 6.42 Å². The van der Waals surface area contributed by atoms with E-state index in [0.717, 1.165) is 44.5 Å². The van der Waals surface area contributed by atoms with Gasteiger partial charge < -0.3 is 15.7 Å². The van der Waals surface area contributed by atoms with Gasteiger partial charge in [0.05, 0.1) is 5.60 Å². The van der Waals surface area contributed by atoms with Crippen molar-refractivity contribution in [1.82, 2.24) is 9.97 Å². The van der Waals surface area contributed by atoms with Crippen molar-refractivity contribution in [2.75, 3.05) is 18.0 Å². The number of anilines is 1. The molecule has 1 aromatic rings. The highest BCUT2D eigenvalue weighted by atomic mass is 16.3. The highest BCUT2D eigenvalue weighted by Gasteiger charge is 2.43. The minimum atomic E-state index is -0.498. The zero-order valence-corrected chi connectivity index (χ0v) is 12.5. The van der Waals surface area contributed by atoms with Gasteiger partial charge in [-0.05, 0) is 32.3 Å². The number of nitrogen functional groups attached to an aromatic ring is 1. The Hall–Kier alpha value is -1.69. The van der Waals surface area contributed by atoms with E-state index in [1.54, 1.807) is 6.07 Å². The number of fused-ring (bicyclic) bond motifs is 1. The summed E-state index contributed by atoms with van der Waals surface area (Å²) >= 11 is 0. The van der Waals surface area contributed by atoms with Crippen LogP contribution < -0.4 is 10.6 Å². The standard InChI is InChI=1S/C15H23N5O/c1-10-8-12(13(16)17)19-14(18-10)20-7-6-15(21)5-3-2-4-11(15)9-20/h8,11,21H,2-7,9H2,1H3,(H3,16,17). The second-order valence-corrected chi connectivity index (χ2v) is 6.35. The smallest absolute Gasteiger partial charge is 0.226 e. The largest absolute Gasteiger partial charge is 0.389 e. The number of rotatable bonds is 2. The number of hydrogen-bond acceptors (Lipinski definition) is 5. The van der Waals surface area contributed by atoms with Gasteiger partial charge >= 0.3 is 0 Å². The van der Waals surface area contributed by atoms with Gasteiger partial charge in [0.15, 0.2) is 0 Å². The summed E-state index contributed by atoms with van der Waals surface area (Å²) in [4.78, 5) is 11.0. The average Bonchev–Trinajstić information content (AvgIpc) is 2.45. The van der Waals surface area contributed by atoms with Crippen molar-refractivity contribution in [3.05, 3.63) is 17.5 Å². The number of nitrogens with one attached hydrogen (secondary N) is 1. The summed E-state index contributed by atoms with van der Waals surface area (Å²) in [5.41, 5.74) is 6.33. The van der Waals surface area contributed by atoms with Crippen LogP contribution in [0.25, 0.3) is 0 Å². The molecule has 6 heteroatoms. The Morgan fingerprint density at radius 3 is 3.00 bits per heavy atom. The lowest BCUT2D eigenvalue weighted by atomic mass is 9.71. The third kappa shape index (κ3) is 2.72. The molecular formula is C15H23N5O. The molecule has 4 N–H and O–H groups in total. The van der Waals surface area contributed by atoms with Gasteiger partial charge in [-0.2, -0.15) is 0 Å². The average molecular weight is 289 g/mol. The third-order valence-electron chi connectivity index (χ3n) is 4.83. The van der Waals surface area contributed by atoms with Crippen LogP contribution in [-0.4, -0.2) is 39.6 Å². The molecule has 21 heavy (non-hydrogen) atoms. The molecule has 0 amide bonds. The molecule has 1 aliphatic heterocycles. The van der Waals surface area contributed by atoms with E-state index < -0.39 is 5.60 Å². The Labute approximate surface area is 124 Å². The fourth-order valence-electron chi connectivity index (χ4n) is 3.58. The number of amidine groups is 1. The minimum absolute atomic E-state index is 0.0343. The molecule has 2 fully saturated rings.